The Morgan fingerprint density at radius 3 is 2.86 bits per heavy atom. The maximum atomic E-state index is 12.8. The molecule has 0 aromatic carbocycles. The second-order valence-electron chi connectivity index (χ2n) is 9.48. The molecule has 2 aliphatic rings. The summed E-state index contributed by atoms with van der Waals surface area (Å²) < 4.78 is 2.06. The number of aliphatic hydroxyl groups is 1. The first-order valence-corrected chi connectivity index (χ1v) is 12.5. The van der Waals surface area contributed by atoms with Crippen LogP contribution < -0.4 is 10.2 Å². The minimum atomic E-state index is -0.165. The van der Waals surface area contributed by atoms with Crippen molar-refractivity contribution in [3.05, 3.63) is 77.2 Å². The average molecular weight is 504 g/mol. The number of anilines is 2. The minimum Gasteiger partial charge on any atom is -0.395 e. The van der Waals surface area contributed by atoms with Crippen LogP contribution in [0.1, 0.15) is 48.0 Å². The molecule has 0 saturated heterocycles. The lowest BCUT2D eigenvalue weighted by Gasteiger charge is -2.22. The molecule has 36 heavy (non-hydrogen) atoms. The van der Waals surface area contributed by atoms with Crippen molar-refractivity contribution in [2.24, 2.45) is 5.92 Å². The van der Waals surface area contributed by atoms with E-state index in [9.17, 15) is 9.90 Å². The SMILES string of the molecule is O=C(Nc1cc(N(CCO)Cc2cn3cc(C4CC4)ccc3n2)ncn1)[C@H]1C[C@@H]1c1cc(Cl)ccn1. The Balaban J connectivity index is 1.15. The molecule has 0 radical (unpaired) electrons. The van der Waals surface area contributed by atoms with Crippen molar-refractivity contribution in [3.8, 4) is 0 Å². The van der Waals surface area contributed by atoms with Crippen LogP contribution in [0, 0.1) is 5.92 Å². The van der Waals surface area contributed by atoms with Crippen LogP contribution in [0.25, 0.3) is 5.65 Å². The van der Waals surface area contributed by atoms with Gasteiger partial charge >= 0.3 is 0 Å². The molecule has 4 aromatic rings. The van der Waals surface area contributed by atoms with E-state index in [0.717, 1.165) is 23.5 Å². The van der Waals surface area contributed by atoms with Gasteiger partial charge in [-0.1, -0.05) is 17.7 Å². The van der Waals surface area contributed by atoms with E-state index in [0.29, 0.717) is 35.7 Å². The molecular weight excluding hydrogens is 478 g/mol. The van der Waals surface area contributed by atoms with Crippen molar-refractivity contribution in [2.75, 3.05) is 23.4 Å². The average Bonchev–Trinajstić information content (AvgIpc) is 3.80. The van der Waals surface area contributed by atoms with E-state index < -0.39 is 0 Å². The number of fused-ring (bicyclic) bond motifs is 1. The zero-order valence-electron chi connectivity index (χ0n) is 19.6. The Morgan fingerprint density at radius 2 is 2.06 bits per heavy atom. The first-order chi connectivity index (χ1) is 17.6. The fourth-order valence-electron chi connectivity index (χ4n) is 4.63. The summed E-state index contributed by atoms with van der Waals surface area (Å²) in [5.74, 6) is 1.49. The Labute approximate surface area is 213 Å². The smallest absolute Gasteiger partial charge is 0.229 e. The van der Waals surface area contributed by atoms with Gasteiger partial charge in [-0.25, -0.2) is 15.0 Å². The number of nitrogens with one attached hydrogen (secondary N) is 1. The molecule has 184 valence electrons. The predicted octanol–water partition coefficient (Wildman–Crippen LogP) is 3.79. The Kier molecular flexibility index (Phi) is 6.02. The molecule has 2 saturated carbocycles. The van der Waals surface area contributed by atoms with E-state index >= 15 is 0 Å². The number of pyridine rings is 2. The Hall–Kier alpha value is -3.56. The molecule has 2 atom stereocenters. The number of nitrogens with zero attached hydrogens (tertiary/aromatic N) is 6. The molecule has 0 spiro atoms. The van der Waals surface area contributed by atoms with Gasteiger partial charge in [-0.2, -0.15) is 0 Å². The summed E-state index contributed by atoms with van der Waals surface area (Å²) in [5, 5.41) is 13.2. The first-order valence-electron chi connectivity index (χ1n) is 12.1. The number of carbonyl (C=O) groups excluding carboxylic acids is 1. The number of hydrogen-bond acceptors (Lipinski definition) is 7. The molecule has 9 nitrogen and oxygen atoms in total. The lowest BCUT2D eigenvalue weighted by molar-refractivity contribution is -0.117. The highest BCUT2D eigenvalue weighted by Gasteiger charge is 2.45. The fraction of sp³-hybridized carbons (Fsp3) is 0.346. The summed E-state index contributed by atoms with van der Waals surface area (Å²) in [4.78, 5) is 32.4. The van der Waals surface area contributed by atoms with Crippen LogP contribution in [0.4, 0.5) is 11.6 Å². The van der Waals surface area contributed by atoms with Crippen molar-refractivity contribution in [1.29, 1.82) is 0 Å². The van der Waals surface area contributed by atoms with Crippen molar-refractivity contribution in [1.82, 2.24) is 24.3 Å². The van der Waals surface area contributed by atoms with Gasteiger partial charge in [0.2, 0.25) is 5.91 Å². The molecule has 2 N–H and O–H groups in total. The van der Waals surface area contributed by atoms with Crippen molar-refractivity contribution >= 4 is 34.8 Å². The minimum absolute atomic E-state index is 0.0404. The molecule has 1 amide bonds. The second kappa shape index (κ2) is 9.48. The van der Waals surface area contributed by atoms with E-state index in [1.807, 2.05) is 11.1 Å². The van der Waals surface area contributed by atoms with Crippen molar-refractivity contribution < 1.29 is 9.90 Å². The third-order valence-electron chi connectivity index (χ3n) is 6.77. The lowest BCUT2D eigenvalue weighted by atomic mass is 10.2. The quantitative estimate of drug-likeness (QED) is 0.357. The predicted molar refractivity (Wildman–Crippen MR) is 136 cm³/mol. The maximum absolute atomic E-state index is 12.8. The molecule has 0 bridgehead atoms. The Bertz CT molecular complexity index is 1420. The van der Waals surface area contributed by atoms with Gasteiger partial charge < -0.3 is 19.7 Å². The van der Waals surface area contributed by atoms with E-state index in [-0.39, 0.29) is 24.3 Å². The van der Waals surface area contributed by atoms with Crippen LogP contribution in [0.2, 0.25) is 5.02 Å². The van der Waals surface area contributed by atoms with E-state index in [4.69, 9.17) is 16.6 Å². The lowest BCUT2D eigenvalue weighted by Crippen LogP contribution is -2.27. The number of aliphatic hydroxyl groups excluding tert-OH is 1. The summed E-state index contributed by atoms with van der Waals surface area (Å²) in [5.41, 5.74) is 3.94. The van der Waals surface area contributed by atoms with Crippen molar-refractivity contribution in [2.45, 2.75) is 37.6 Å². The number of amides is 1. The summed E-state index contributed by atoms with van der Waals surface area (Å²) in [7, 11) is 0. The number of aromatic nitrogens is 5. The number of hydrogen-bond donors (Lipinski definition) is 2. The van der Waals surface area contributed by atoms with Gasteiger partial charge in [0.25, 0.3) is 0 Å². The van der Waals surface area contributed by atoms with Crippen LogP contribution in [-0.2, 0) is 11.3 Å². The van der Waals surface area contributed by atoms with Gasteiger partial charge in [0, 0.05) is 53.8 Å². The largest absolute Gasteiger partial charge is 0.395 e. The number of rotatable bonds is 9. The topological polar surface area (TPSA) is 109 Å². The highest BCUT2D eigenvalue weighted by atomic mass is 35.5. The van der Waals surface area contributed by atoms with Crippen molar-refractivity contribution in [3.63, 3.8) is 0 Å². The normalized spacial score (nSPS) is 18.8. The van der Waals surface area contributed by atoms with Crippen LogP contribution >= 0.6 is 11.6 Å². The van der Waals surface area contributed by atoms with E-state index in [2.05, 4.69) is 43.0 Å². The molecular formula is C26H26ClN7O2. The zero-order valence-corrected chi connectivity index (χ0v) is 20.3. The van der Waals surface area contributed by atoms with Crippen LogP contribution in [-0.4, -0.2) is 48.5 Å². The van der Waals surface area contributed by atoms with Crippen LogP contribution in [0.5, 0.6) is 0 Å². The second-order valence-corrected chi connectivity index (χ2v) is 9.91. The van der Waals surface area contributed by atoms with Gasteiger partial charge in [-0.15, -0.1) is 0 Å². The molecule has 10 heteroatoms. The Morgan fingerprint density at radius 1 is 1.17 bits per heavy atom. The maximum Gasteiger partial charge on any atom is 0.229 e. The number of carbonyl (C=O) groups is 1. The first kappa shape index (κ1) is 22.9. The van der Waals surface area contributed by atoms with E-state index in [1.165, 1.54) is 24.7 Å². The van der Waals surface area contributed by atoms with Gasteiger partial charge in [-0.05, 0) is 48.9 Å². The molecule has 0 aliphatic heterocycles. The van der Waals surface area contributed by atoms with Gasteiger partial charge in [0.1, 0.15) is 23.6 Å². The highest BCUT2D eigenvalue weighted by molar-refractivity contribution is 6.30. The molecule has 0 unspecified atom stereocenters. The molecule has 4 aromatic heterocycles. The summed E-state index contributed by atoms with van der Waals surface area (Å²) in [6.07, 6.45) is 10.5. The van der Waals surface area contributed by atoms with Gasteiger partial charge in [0.15, 0.2) is 0 Å². The zero-order chi connectivity index (χ0) is 24.6. The van der Waals surface area contributed by atoms with Gasteiger partial charge in [0.05, 0.1) is 18.8 Å². The summed E-state index contributed by atoms with van der Waals surface area (Å²) >= 11 is 6.06. The van der Waals surface area contributed by atoms with E-state index in [1.54, 1.807) is 24.4 Å². The third-order valence-corrected chi connectivity index (χ3v) is 7.01. The van der Waals surface area contributed by atoms with Crippen LogP contribution in [0.15, 0.2) is 55.2 Å². The highest BCUT2D eigenvalue weighted by Crippen LogP contribution is 2.47. The number of halogens is 1. The molecule has 2 fully saturated rings. The summed E-state index contributed by atoms with van der Waals surface area (Å²) in [6.45, 7) is 0.800. The monoisotopic (exact) mass is 503 g/mol. The fourth-order valence-corrected chi connectivity index (χ4v) is 4.80. The summed E-state index contributed by atoms with van der Waals surface area (Å²) in [6, 6.07) is 9.46. The van der Waals surface area contributed by atoms with Crippen LogP contribution in [0.3, 0.4) is 0 Å². The number of imidazole rings is 1. The standard InChI is InChI=1S/C26H26ClN7O2/c27-18-5-6-28-22(9-18)20-10-21(20)26(36)32-23-11-25(30-15-29-23)33(7-8-35)13-19-14-34-12-17(16-1-2-16)3-4-24(34)31-19/h3-6,9,11-12,14-16,20-21,35H,1-2,7-8,10,13H2,(H,29,30,32,36)/t20-,21-/m0/s1. The molecule has 2 aliphatic carbocycles. The molecule has 6 rings (SSSR count). The molecule has 4 heterocycles. The van der Waals surface area contributed by atoms with Gasteiger partial charge in [-0.3, -0.25) is 9.78 Å². The third kappa shape index (κ3) is 4.89.